The second-order valence-electron chi connectivity index (χ2n) is 7.45. The van der Waals surface area contributed by atoms with E-state index in [-0.39, 0.29) is 30.4 Å². The zero-order valence-electron chi connectivity index (χ0n) is 14.0. The molecule has 0 aromatic carbocycles. The normalized spacial score (nSPS) is 46.8. The Morgan fingerprint density at radius 2 is 1.87 bits per heavy atom. The van der Waals surface area contributed by atoms with Gasteiger partial charge < -0.3 is 25.2 Å². The van der Waals surface area contributed by atoms with Crippen molar-refractivity contribution in [1.29, 1.82) is 0 Å². The second-order valence-corrected chi connectivity index (χ2v) is 7.45. The van der Waals surface area contributed by atoms with E-state index in [0.717, 1.165) is 0 Å². The van der Waals surface area contributed by atoms with Crippen LogP contribution in [-0.2, 0) is 9.53 Å². The molecule has 0 spiro atoms. The molecule has 0 radical (unpaired) electrons. The van der Waals surface area contributed by atoms with Gasteiger partial charge in [-0.25, -0.2) is 0 Å². The molecule has 7 atom stereocenters. The van der Waals surface area contributed by atoms with E-state index < -0.39 is 35.3 Å². The molecule has 2 aliphatic carbocycles. The van der Waals surface area contributed by atoms with Crippen LogP contribution in [-0.4, -0.2) is 56.9 Å². The zero-order valence-corrected chi connectivity index (χ0v) is 14.0. The number of fused-ring (bicyclic) bond motifs is 1. The zero-order chi connectivity index (χ0) is 17.6. The van der Waals surface area contributed by atoms with E-state index in [9.17, 15) is 25.2 Å². The Morgan fingerprint density at radius 1 is 1.26 bits per heavy atom. The fourth-order valence-corrected chi connectivity index (χ4v) is 4.42. The number of rotatable bonds is 3. The summed E-state index contributed by atoms with van der Waals surface area (Å²) in [5.74, 6) is -0.660. The van der Waals surface area contributed by atoms with Crippen LogP contribution in [0, 0.1) is 17.3 Å². The van der Waals surface area contributed by atoms with E-state index in [0.29, 0.717) is 12.8 Å². The minimum absolute atomic E-state index is 0.0354. The monoisotopic (exact) mass is 328 g/mol. The third-order valence-electron chi connectivity index (χ3n) is 6.16. The maximum absolute atomic E-state index is 11.0. The van der Waals surface area contributed by atoms with Crippen molar-refractivity contribution in [3.05, 3.63) is 12.2 Å². The fourth-order valence-electron chi connectivity index (χ4n) is 4.42. The number of carbonyl (C=O) groups excluding carboxylic acids is 1. The van der Waals surface area contributed by atoms with Crippen molar-refractivity contribution in [2.75, 3.05) is 6.61 Å². The lowest BCUT2D eigenvalue weighted by Crippen LogP contribution is -2.69. The van der Waals surface area contributed by atoms with Crippen molar-refractivity contribution in [2.24, 2.45) is 17.3 Å². The molecule has 6 heteroatoms. The van der Waals surface area contributed by atoms with E-state index in [4.69, 9.17) is 4.74 Å². The molecule has 132 valence electrons. The standard InChI is InChI=1S/C17H28O6/c1-9-5-13(19)6-12-7-14(20)17(22,15(21)16(9,12)4)10(2)8-23-11(3)18/h9,12-15,19-22H,2,5-8H2,1,3-4H3/t9-,12+,13+,14-,15-,16+,17+/m0/s1. The topological polar surface area (TPSA) is 107 Å². The molecule has 0 saturated heterocycles. The molecule has 0 heterocycles. The number of hydrogen-bond acceptors (Lipinski definition) is 6. The summed E-state index contributed by atoms with van der Waals surface area (Å²) in [6.07, 6.45) is -1.66. The highest BCUT2D eigenvalue weighted by Gasteiger charge is 2.63. The molecule has 23 heavy (non-hydrogen) atoms. The highest BCUT2D eigenvalue weighted by molar-refractivity contribution is 5.66. The van der Waals surface area contributed by atoms with Crippen LogP contribution in [0.25, 0.3) is 0 Å². The summed E-state index contributed by atoms with van der Waals surface area (Å²) in [7, 11) is 0. The van der Waals surface area contributed by atoms with Gasteiger partial charge in [0.1, 0.15) is 12.2 Å². The Kier molecular flexibility index (Phi) is 4.93. The molecule has 0 aromatic heterocycles. The first-order chi connectivity index (χ1) is 10.5. The number of esters is 1. The lowest BCUT2D eigenvalue weighted by atomic mass is 9.49. The van der Waals surface area contributed by atoms with Gasteiger partial charge in [-0.3, -0.25) is 4.79 Å². The van der Waals surface area contributed by atoms with Gasteiger partial charge in [0.25, 0.3) is 0 Å². The van der Waals surface area contributed by atoms with Crippen molar-refractivity contribution in [2.45, 2.75) is 63.9 Å². The molecule has 4 N–H and O–H groups in total. The fraction of sp³-hybridized carbons (Fsp3) is 0.824. The maximum atomic E-state index is 11.0. The molecule has 0 unspecified atom stereocenters. The Hall–Kier alpha value is -0.950. The Labute approximate surface area is 136 Å². The molecule has 0 bridgehead atoms. The third-order valence-corrected chi connectivity index (χ3v) is 6.16. The third kappa shape index (κ3) is 2.82. The van der Waals surface area contributed by atoms with Gasteiger partial charge in [-0.05, 0) is 36.7 Å². The molecule has 2 fully saturated rings. The van der Waals surface area contributed by atoms with Gasteiger partial charge in [-0.2, -0.15) is 0 Å². The molecule has 2 saturated carbocycles. The minimum atomic E-state index is -1.93. The van der Waals surface area contributed by atoms with Gasteiger partial charge in [0.15, 0.2) is 0 Å². The molecule has 2 rings (SSSR count). The first-order valence-electron chi connectivity index (χ1n) is 8.12. The largest absolute Gasteiger partial charge is 0.461 e. The molecule has 2 aliphatic rings. The molecular formula is C17H28O6. The van der Waals surface area contributed by atoms with E-state index >= 15 is 0 Å². The van der Waals surface area contributed by atoms with Crippen LogP contribution in [0.5, 0.6) is 0 Å². The SMILES string of the molecule is C=C(COC(C)=O)[C@]1(O)[C@@H](O)[C@@]2(C)[C@H](C[C@H](O)C[C@@H]2C)C[C@@H]1O. The number of ether oxygens (including phenoxy) is 1. The quantitative estimate of drug-likeness (QED) is 0.441. The molecule has 0 aliphatic heterocycles. The summed E-state index contributed by atoms with van der Waals surface area (Å²) in [6, 6.07) is 0. The highest BCUT2D eigenvalue weighted by atomic mass is 16.5. The molecule has 6 nitrogen and oxygen atoms in total. The van der Waals surface area contributed by atoms with Crippen LogP contribution in [0.2, 0.25) is 0 Å². The molecule has 0 amide bonds. The van der Waals surface area contributed by atoms with Crippen LogP contribution in [0.15, 0.2) is 12.2 Å². The number of aliphatic hydroxyl groups is 4. The average molecular weight is 328 g/mol. The Morgan fingerprint density at radius 3 is 2.43 bits per heavy atom. The first-order valence-corrected chi connectivity index (χ1v) is 8.12. The van der Waals surface area contributed by atoms with Crippen LogP contribution < -0.4 is 0 Å². The van der Waals surface area contributed by atoms with Crippen LogP contribution in [0.4, 0.5) is 0 Å². The van der Waals surface area contributed by atoms with Gasteiger partial charge in [0, 0.05) is 12.3 Å². The van der Waals surface area contributed by atoms with Crippen molar-refractivity contribution >= 4 is 5.97 Å². The van der Waals surface area contributed by atoms with Crippen molar-refractivity contribution in [3.63, 3.8) is 0 Å². The summed E-state index contributed by atoms with van der Waals surface area (Å²) < 4.78 is 4.87. The van der Waals surface area contributed by atoms with E-state index in [1.54, 1.807) is 0 Å². The van der Waals surface area contributed by atoms with Gasteiger partial charge in [-0.1, -0.05) is 20.4 Å². The Bertz CT molecular complexity index is 491. The van der Waals surface area contributed by atoms with Crippen molar-refractivity contribution in [1.82, 2.24) is 0 Å². The van der Waals surface area contributed by atoms with E-state index in [2.05, 4.69) is 6.58 Å². The predicted octanol–water partition coefficient (Wildman–Crippen LogP) is 0.376. The number of carbonyl (C=O) groups is 1. The van der Waals surface area contributed by atoms with E-state index in [1.807, 2.05) is 13.8 Å². The lowest BCUT2D eigenvalue weighted by Gasteiger charge is -2.60. The summed E-state index contributed by atoms with van der Waals surface area (Å²) in [6.45, 7) is 8.55. The maximum Gasteiger partial charge on any atom is 0.302 e. The molecule has 0 aromatic rings. The minimum Gasteiger partial charge on any atom is -0.461 e. The predicted molar refractivity (Wildman–Crippen MR) is 83.4 cm³/mol. The second kappa shape index (κ2) is 6.16. The summed E-state index contributed by atoms with van der Waals surface area (Å²) in [5, 5.41) is 42.4. The lowest BCUT2D eigenvalue weighted by molar-refractivity contribution is -0.241. The number of aliphatic hydroxyl groups excluding tert-OH is 3. The van der Waals surface area contributed by atoms with Crippen molar-refractivity contribution < 1.29 is 30.0 Å². The van der Waals surface area contributed by atoms with Crippen LogP contribution >= 0.6 is 0 Å². The van der Waals surface area contributed by atoms with Crippen LogP contribution in [0.1, 0.15) is 40.0 Å². The van der Waals surface area contributed by atoms with Crippen LogP contribution in [0.3, 0.4) is 0 Å². The van der Waals surface area contributed by atoms with Gasteiger partial charge in [-0.15, -0.1) is 0 Å². The van der Waals surface area contributed by atoms with Gasteiger partial charge in [0.05, 0.1) is 18.3 Å². The van der Waals surface area contributed by atoms with Crippen molar-refractivity contribution in [3.8, 4) is 0 Å². The van der Waals surface area contributed by atoms with Gasteiger partial charge in [0.2, 0.25) is 0 Å². The summed E-state index contributed by atoms with van der Waals surface area (Å²) in [4.78, 5) is 11.0. The van der Waals surface area contributed by atoms with E-state index in [1.165, 1.54) is 6.92 Å². The summed E-state index contributed by atoms with van der Waals surface area (Å²) >= 11 is 0. The Balaban J connectivity index is 2.32. The number of hydrogen-bond donors (Lipinski definition) is 4. The smallest absolute Gasteiger partial charge is 0.302 e. The summed E-state index contributed by atoms with van der Waals surface area (Å²) in [5.41, 5.74) is -2.51. The first kappa shape index (κ1) is 18.4. The average Bonchev–Trinajstić information content (AvgIpc) is 2.46. The molecular weight excluding hydrogens is 300 g/mol. The highest BCUT2D eigenvalue weighted by Crippen LogP contribution is 2.57. The van der Waals surface area contributed by atoms with Gasteiger partial charge >= 0.3 is 5.97 Å².